The lowest BCUT2D eigenvalue weighted by Crippen LogP contribution is -2.51. The molecule has 11 nitrogen and oxygen atoms in total. The van der Waals surface area contributed by atoms with Gasteiger partial charge in [-0.05, 0) is 12.8 Å². The van der Waals surface area contributed by atoms with Gasteiger partial charge in [0.15, 0.2) is 5.65 Å². The van der Waals surface area contributed by atoms with E-state index in [1.165, 1.54) is 24.5 Å². The molecular weight excluding hydrogens is 414 g/mol. The van der Waals surface area contributed by atoms with Crippen LogP contribution in [-0.4, -0.2) is 91.8 Å². The zero-order valence-corrected chi connectivity index (χ0v) is 18.6. The number of nitrogens with zero attached hydrogens (tertiary/aromatic N) is 5. The smallest absolute Gasteiger partial charge is 0.329 e. The average Bonchev–Trinajstić information content (AvgIpc) is 3.03. The van der Waals surface area contributed by atoms with Gasteiger partial charge in [0, 0.05) is 59.2 Å². The van der Waals surface area contributed by atoms with Crippen LogP contribution in [0.15, 0.2) is 9.59 Å². The lowest BCUT2D eigenvalue weighted by Gasteiger charge is -2.35. The Morgan fingerprint density at radius 2 is 1.53 bits per heavy atom. The van der Waals surface area contributed by atoms with E-state index in [9.17, 15) is 19.2 Å². The summed E-state index contributed by atoms with van der Waals surface area (Å²) >= 11 is 0. The molecule has 32 heavy (non-hydrogen) atoms. The van der Waals surface area contributed by atoms with Crippen molar-refractivity contribution in [3.05, 3.63) is 26.7 Å². The first-order valence-corrected chi connectivity index (χ1v) is 11.4. The third-order valence-electron chi connectivity index (χ3n) is 6.42. The maximum absolute atomic E-state index is 12.7. The van der Waals surface area contributed by atoms with Crippen molar-refractivity contribution >= 4 is 23.0 Å². The molecule has 174 valence electrons. The summed E-state index contributed by atoms with van der Waals surface area (Å²) < 4.78 is 1.27. The highest BCUT2D eigenvalue weighted by atomic mass is 16.2. The van der Waals surface area contributed by atoms with Gasteiger partial charge in [0.1, 0.15) is 11.3 Å². The SMILES string of the molecule is Cn1c(=O)[nH]c(=O)c2[nH]c(CCC(=O)N3CCN(CC(=O)N4CCCCCC4)CC3)nc21. The third kappa shape index (κ3) is 4.93. The molecule has 0 radical (unpaired) electrons. The van der Waals surface area contributed by atoms with E-state index in [4.69, 9.17) is 0 Å². The summed E-state index contributed by atoms with van der Waals surface area (Å²) in [4.78, 5) is 64.3. The molecule has 0 atom stereocenters. The van der Waals surface area contributed by atoms with Crippen molar-refractivity contribution in [3.63, 3.8) is 0 Å². The van der Waals surface area contributed by atoms with Gasteiger partial charge >= 0.3 is 5.69 Å². The van der Waals surface area contributed by atoms with Crippen molar-refractivity contribution in [1.29, 1.82) is 0 Å². The number of nitrogens with one attached hydrogen (secondary N) is 2. The number of hydrogen-bond donors (Lipinski definition) is 2. The number of imidazole rings is 1. The lowest BCUT2D eigenvalue weighted by molar-refractivity contribution is -0.135. The van der Waals surface area contributed by atoms with E-state index in [-0.39, 0.29) is 29.4 Å². The molecule has 11 heteroatoms. The molecule has 0 spiro atoms. The predicted molar refractivity (Wildman–Crippen MR) is 118 cm³/mol. The monoisotopic (exact) mass is 445 g/mol. The highest BCUT2D eigenvalue weighted by molar-refractivity contribution is 5.79. The van der Waals surface area contributed by atoms with Crippen molar-refractivity contribution < 1.29 is 9.59 Å². The van der Waals surface area contributed by atoms with E-state index in [0.717, 1.165) is 25.9 Å². The summed E-state index contributed by atoms with van der Waals surface area (Å²) in [5.41, 5.74) is -0.524. The first-order valence-electron chi connectivity index (χ1n) is 11.4. The van der Waals surface area contributed by atoms with E-state index in [2.05, 4.69) is 19.9 Å². The van der Waals surface area contributed by atoms with Crippen molar-refractivity contribution in [3.8, 4) is 0 Å². The van der Waals surface area contributed by atoms with Gasteiger partial charge in [0.05, 0.1) is 6.54 Å². The molecule has 2 amide bonds. The van der Waals surface area contributed by atoms with Gasteiger partial charge in [-0.15, -0.1) is 0 Å². The van der Waals surface area contributed by atoms with Crippen molar-refractivity contribution in [2.24, 2.45) is 7.05 Å². The fourth-order valence-electron chi connectivity index (χ4n) is 4.42. The fourth-order valence-corrected chi connectivity index (χ4v) is 4.42. The number of rotatable bonds is 5. The molecule has 2 aromatic heterocycles. The maximum Gasteiger partial charge on any atom is 0.329 e. The Bertz CT molecular complexity index is 1090. The van der Waals surface area contributed by atoms with Crippen LogP contribution in [-0.2, 0) is 23.1 Å². The number of aromatic amines is 2. The number of piperazine rings is 1. The van der Waals surface area contributed by atoms with Crippen molar-refractivity contribution in [1.82, 2.24) is 34.2 Å². The van der Waals surface area contributed by atoms with E-state index in [1.807, 2.05) is 9.80 Å². The number of H-pyrrole nitrogens is 2. The summed E-state index contributed by atoms with van der Waals surface area (Å²) in [7, 11) is 1.54. The quantitative estimate of drug-likeness (QED) is 0.635. The normalized spacial score (nSPS) is 18.2. The topological polar surface area (TPSA) is 127 Å². The third-order valence-corrected chi connectivity index (χ3v) is 6.42. The van der Waals surface area contributed by atoms with Gasteiger partial charge in [0.2, 0.25) is 11.8 Å². The molecule has 2 aromatic rings. The van der Waals surface area contributed by atoms with Crippen LogP contribution in [0.2, 0.25) is 0 Å². The molecule has 2 aliphatic heterocycles. The van der Waals surface area contributed by atoms with Crippen LogP contribution in [0, 0.1) is 0 Å². The highest BCUT2D eigenvalue weighted by Gasteiger charge is 2.24. The minimum Gasteiger partial charge on any atom is -0.342 e. The van der Waals surface area contributed by atoms with E-state index in [0.29, 0.717) is 45.0 Å². The molecule has 0 bridgehead atoms. The number of fused-ring (bicyclic) bond motifs is 1. The van der Waals surface area contributed by atoms with Crippen LogP contribution < -0.4 is 11.2 Å². The van der Waals surface area contributed by atoms with Crippen LogP contribution in [0.1, 0.15) is 37.9 Å². The Hall–Kier alpha value is -2.95. The highest BCUT2D eigenvalue weighted by Crippen LogP contribution is 2.12. The molecule has 2 N–H and O–H groups in total. The average molecular weight is 446 g/mol. The zero-order chi connectivity index (χ0) is 22.7. The number of aryl methyl sites for hydroxylation is 2. The van der Waals surface area contributed by atoms with Gasteiger partial charge in [-0.3, -0.25) is 28.8 Å². The Kier molecular flexibility index (Phi) is 6.73. The van der Waals surface area contributed by atoms with Crippen molar-refractivity contribution in [2.75, 3.05) is 45.8 Å². The number of carbonyl (C=O) groups excluding carboxylic acids is 2. The molecule has 0 saturated carbocycles. The Labute approximate surface area is 185 Å². The largest absolute Gasteiger partial charge is 0.342 e. The first-order chi connectivity index (χ1) is 15.4. The Balaban J connectivity index is 1.26. The van der Waals surface area contributed by atoms with Crippen LogP contribution in [0.4, 0.5) is 0 Å². The summed E-state index contributed by atoms with van der Waals surface area (Å²) in [5, 5.41) is 0. The van der Waals surface area contributed by atoms with Gasteiger partial charge in [-0.25, -0.2) is 9.78 Å². The maximum atomic E-state index is 12.7. The number of amides is 2. The number of carbonyl (C=O) groups is 2. The van der Waals surface area contributed by atoms with E-state index < -0.39 is 11.2 Å². The lowest BCUT2D eigenvalue weighted by atomic mass is 10.2. The fraction of sp³-hybridized carbons (Fsp3) is 0.667. The van der Waals surface area contributed by atoms with Gasteiger partial charge in [-0.2, -0.15) is 0 Å². The van der Waals surface area contributed by atoms with Gasteiger partial charge in [0.25, 0.3) is 5.56 Å². The zero-order valence-electron chi connectivity index (χ0n) is 18.6. The molecular formula is C21H31N7O4. The standard InChI is InChI=1S/C21H31N7O4/c1-25-19-18(20(31)24-21(25)32)22-15(23-19)6-7-16(29)28-12-10-26(11-13-28)14-17(30)27-8-4-2-3-5-9-27/h2-14H2,1H3,(H,22,23)(H,24,31,32). The van der Waals surface area contributed by atoms with Crippen molar-refractivity contribution in [2.45, 2.75) is 38.5 Å². The molecule has 2 saturated heterocycles. The predicted octanol–water partition coefficient (Wildman–Crippen LogP) is -0.571. The number of hydrogen-bond acceptors (Lipinski definition) is 6. The van der Waals surface area contributed by atoms with Gasteiger partial charge in [-0.1, -0.05) is 12.8 Å². The summed E-state index contributed by atoms with van der Waals surface area (Å²) in [6.45, 7) is 4.72. The Morgan fingerprint density at radius 1 is 0.875 bits per heavy atom. The second kappa shape index (κ2) is 9.68. The summed E-state index contributed by atoms with van der Waals surface area (Å²) in [6.07, 6.45) is 5.20. The molecule has 2 fully saturated rings. The Morgan fingerprint density at radius 3 is 2.22 bits per heavy atom. The molecule has 4 rings (SSSR count). The minimum absolute atomic E-state index is 0.0201. The second-order valence-corrected chi connectivity index (χ2v) is 8.65. The second-order valence-electron chi connectivity index (χ2n) is 8.65. The first kappa shape index (κ1) is 22.3. The minimum atomic E-state index is -0.524. The van der Waals surface area contributed by atoms with Crippen LogP contribution in [0.3, 0.4) is 0 Å². The molecule has 0 unspecified atom stereocenters. The van der Waals surface area contributed by atoms with E-state index in [1.54, 1.807) is 0 Å². The molecule has 0 aliphatic carbocycles. The van der Waals surface area contributed by atoms with Crippen LogP contribution in [0.25, 0.3) is 11.2 Å². The summed E-state index contributed by atoms with van der Waals surface area (Å²) in [5.74, 6) is 0.717. The molecule has 2 aliphatic rings. The van der Waals surface area contributed by atoms with Crippen LogP contribution in [0.5, 0.6) is 0 Å². The number of aromatic nitrogens is 4. The molecule has 4 heterocycles. The van der Waals surface area contributed by atoms with Crippen LogP contribution >= 0.6 is 0 Å². The van der Waals surface area contributed by atoms with Gasteiger partial charge < -0.3 is 14.8 Å². The number of likely N-dealkylation sites (tertiary alicyclic amines) is 1. The van der Waals surface area contributed by atoms with E-state index >= 15 is 0 Å². The molecule has 0 aromatic carbocycles. The summed E-state index contributed by atoms with van der Waals surface area (Å²) in [6, 6.07) is 0.